The van der Waals surface area contributed by atoms with Gasteiger partial charge in [-0.3, -0.25) is 4.79 Å². The van der Waals surface area contributed by atoms with Gasteiger partial charge in [0, 0.05) is 18.0 Å². The molecule has 0 radical (unpaired) electrons. The maximum Gasteiger partial charge on any atom is 0.243 e. The van der Waals surface area contributed by atoms with E-state index >= 15 is 0 Å². The average Bonchev–Trinajstić information content (AvgIpc) is 3.31. The van der Waals surface area contributed by atoms with Crippen LogP contribution in [0, 0.1) is 13.8 Å². The van der Waals surface area contributed by atoms with Crippen LogP contribution in [0.15, 0.2) is 64.9 Å². The van der Waals surface area contributed by atoms with Crippen LogP contribution >= 0.6 is 11.3 Å². The van der Waals surface area contributed by atoms with Crippen molar-refractivity contribution in [1.29, 1.82) is 0 Å². The maximum absolute atomic E-state index is 13.5. The van der Waals surface area contributed by atoms with Gasteiger partial charge in [0.2, 0.25) is 15.9 Å². The Morgan fingerprint density at radius 2 is 1.85 bits per heavy atom. The van der Waals surface area contributed by atoms with Crippen molar-refractivity contribution in [2.45, 2.75) is 38.1 Å². The van der Waals surface area contributed by atoms with Crippen molar-refractivity contribution in [2.24, 2.45) is 0 Å². The summed E-state index contributed by atoms with van der Waals surface area (Å²) < 4.78 is 33.8. The molecule has 1 aliphatic heterocycles. The standard InChI is InChI=1S/C26H30N2O4S2/c1-4-27(34(30,31)21-11-9-19(2)10-12-21)17-26(29)28-15-13-25-22(14-16-33-25)23(28)18-32-24-8-6-5-7-20(24)3/h5-12,14,16,23H,4,13,15,17-18H2,1-3H3. The SMILES string of the molecule is CCN(CC(=O)N1CCc2sccc2C1COc1ccccc1C)S(=O)(=O)c1ccc(C)cc1. The Morgan fingerprint density at radius 3 is 2.56 bits per heavy atom. The van der Waals surface area contributed by atoms with Crippen LogP contribution in [0.4, 0.5) is 0 Å². The number of sulfonamides is 1. The van der Waals surface area contributed by atoms with Crippen molar-refractivity contribution >= 4 is 27.3 Å². The molecule has 34 heavy (non-hydrogen) atoms. The molecule has 1 unspecified atom stereocenters. The van der Waals surface area contributed by atoms with E-state index in [-0.39, 0.29) is 29.9 Å². The van der Waals surface area contributed by atoms with Crippen molar-refractivity contribution in [3.63, 3.8) is 0 Å². The summed E-state index contributed by atoms with van der Waals surface area (Å²) in [6.45, 7) is 6.52. The minimum atomic E-state index is -3.77. The molecule has 2 aromatic carbocycles. The lowest BCUT2D eigenvalue weighted by atomic mass is 10.0. The van der Waals surface area contributed by atoms with Crippen molar-refractivity contribution < 1.29 is 17.9 Å². The number of aryl methyl sites for hydroxylation is 2. The summed E-state index contributed by atoms with van der Waals surface area (Å²) in [4.78, 5) is 16.7. The van der Waals surface area contributed by atoms with E-state index in [4.69, 9.17) is 4.74 Å². The molecule has 1 aromatic heterocycles. The monoisotopic (exact) mass is 498 g/mol. The number of likely N-dealkylation sites (N-methyl/N-ethyl adjacent to an activating group) is 1. The summed E-state index contributed by atoms with van der Waals surface area (Å²) in [7, 11) is -3.77. The van der Waals surface area contributed by atoms with Crippen LogP contribution < -0.4 is 4.74 Å². The molecule has 8 heteroatoms. The maximum atomic E-state index is 13.5. The van der Waals surface area contributed by atoms with Crippen LogP contribution in [0.25, 0.3) is 0 Å². The van der Waals surface area contributed by atoms with E-state index in [1.807, 2.05) is 49.6 Å². The minimum absolute atomic E-state index is 0.200. The first-order valence-electron chi connectivity index (χ1n) is 11.4. The number of ether oxygens (including phenoxy) is 1. The quantitative estimate of drug-likeness (QED) is 0.456. The molecule has 0 spiro atoms. The third-order valence-corrected chi connectivity index (χ3v) is 9.16. The van der Waals surface area contributed by atoms with Crippen molar-refractivity contribution in [2.75, 3.05) is 26.2 Å². The second kappa shape index (κ2) is 10.3. The second-order valence-corrected chi connectivity index (χ2v) is 11.4. The topological polar surface area (TPSA) is 66.9 Å². The number of carbonyl (C=O) groups excluding carboxylic acids is 1. The Balaban J connectivity index is 1.55. The summed E-state index contributed by atoms with van der Waals surface area (Å²) >= 11 is 1.69. The summed E-state index contributed by atoms with van der Waals surface area (Å²) in [6, 6.07) is 16.3. The fraction of sp³-hybridized carbons (Fsp3) is 0.346. The molecule has 0 fully saturated rings. The summed E-state index contributed by atoms with van der Waals surface area (Å²) in [5.74, 6) is 0.571. The number of para-hydroxylation sites is 1. The van der Waals surface area contributed by atoms with Crippen LogP contribution in [0.5, 0.6) is 5.75 Å². The van der Waals surface area contributed by atoms with Crippen LogP contribution in [0.3, 0.4) is 0 Å². The highest BCUT2D eigenvalue weighted by atomic mass is 32.2. The molecule has 0 bridgehead atoms. The van der Waals surface area contributed by atoms with Crippen molar-refractivity contribution in [3.05, 3.63) is 81.5 Å². The lowest BCUT2D eigenvalue weighted by Crippen LogP contribution is -2.47. The lowest BCUT2D eigenvalue weighted by Gasteiger charge is -2.37. The number of carbonyl (C=O) groups is 1. The summed E-state index contributed by atoms with van der Waals surface area (Å²) in [5, 5.41) is 2.04. The van der Waals surface area contributed by atoms with Gasteiger partial charge in [0.15, 0.2) is 0 Å². The van der Waals surface area contributed by atoms with Gasteiger partial charge in [0.25, 0.3) is 0 Å². The molecule has 1 amide bonds. The van der Waals surface area contributed by atoms with Gasteiger partial charge >= 0.3 is 0 Å². The van der Waals surface area contributed by atoms with E-state index in [1.165, 1.54) is 9.18 Å². The zero-order valence-corrected chi connectivity index (χ0v) is 21.4. The molecule has 0 saturated carbocycles. The highest BCUT2D eigenvalue weighted by molar-refractivity contribution is 7.89. The van der Waals surface area contributed by atoms with E-state index in [9.17, 15) is 13.2 Å². The van der Waals surface area contributed by atoms with Gasteiger partial charge in [-0.1, -0.05) is 42.8 Å². The Kier molecular flexibility index (Phi) is 7.40. The third-order valence-electron chi connectivity index (χ3n) is 6.23. The molecule has 6 nitrogen and oxygen atoms in total. The number of fused-ring (bicyclic) bond motifs is 1. The van der Waals surface area contributed by atoms with Gasteiger partial charge < -0.3 is 9.64 Å². The molecule has 0 aliphatic carbocycles. The van der Waals surface area contributed by atoms with Gasteiger partial charge in [0.1, 0.15) is 12.4 Å². The molecule has 1 aliphatic rings. The van der Waals surface area contributed by atoms with E-state index in [1.54, 1.807) is 47.4 Å². The largest absolute Gasteiger partial charge is 0.491 e. The fourth-order valence-electron chi connectivity index (χ4n) is 4.23. The van der Waals surface area contributed by atoms with Crippen LogP contribution in [0.2, 0.25) is 0 Å². The van der Waals surface area contributed by atoms with Gasteiger partial charge in [-0.05, 0) is 61.0 Å². The predicted octanol–water partition coefficient (Wildman–Crippen LogP) is 4.58. The molecule has 2 heterocycles. The van der Waals surface area contributed by atoms with Crippen LogP contribution in [0.1, 0.15) is 34.5 Å². The summed E-state index contributed by atoms with van der Waals surface area (Å²) in [5.41, 5.74) is 3.10. The fourth-order valence-corrected chi connectivity index (χ4v) is 6.56. The average molecular weight is 499 g/mol. The molecule has 0 saturated heterocycles. The zero-order valence-electron chi connectivity index (χ0n) is 19.7. The number of benzene rings is 2. The van der Waals surface area contributed by atoms with Crippen LogP contribution in [-0.2, 0) is 21.2 Å². The van der Waals surface area contributed by atoms with Gasteiger partial charge in [-0.15, -0.1) is 11.3 Å². The number of rotatable bonds is 8. The van der Waals surface area contributed by atoms with E-state index in [2.05, 4.69) is 0 Å². The highest BCUT2D eigenvalue weighted by Gasteiger charge is 2.35. The predicted molar refractivity (Wildman–Crippen MR) is 135 cm³/mol. The number of hydrogen-bond donors (Lipinski definition) is 0. The number of thiophene rings is 1. The normalized spacial score (nSPS) is 15.9. The first-order chi connectivity index (χ1) is 16.3. The van der Waals surface area contributed by atoms with Gasteiger partial charge in [0.05, 0.1) is 17.5 Å². The number of nitrogens with zero attached hydrogens (tertiary/aromatic N) is 2. The zero-order chi connectivity index (χ0) is 24.3. The van der Waals surface area contributed by atoms with Gasteiger partial charge in [-0.2, -0.15) is 4.31 Å². The molecular formula is C26H30N2O4S2. The first kappa shape index (κ1) is 24.4. The van der Waals surface area contributed by atoms with Crippen LogP contribution in [-0.4, -0.2) is 49.8 Å². The minimum Gasteiger partial charge on any atom is -0.491 e. The van der Waals surface area contributed by atoms with Gasteiger partial charge in [-0.25, -0.2) is 8.42 Å². The second-order valence-electron chi connectivity index (χ2n) is 8.47. The lowest BCUT2D eigenvalue weighted by molar-refractivity contribution is -0.135. The molecule has 3 aromatic rings. The molecule has 4 rings (SSSR count). The number of hydrogen-bond acceptors (Lipinski definition) is 5. The Hall–Kier alpha value is -2.68. The van der Waals surface area contributed by atoms with E-state index in [0.29, 0.717) is 13.2 Å². The summed E-state index contributed by atoms with van der Waals surface area (Å²) in [6.07, 6.45) is 0.760. The highest BCUT2D eigenvalue weighted by Crippen LogP contribution is 2.34. The Bertz CT molecular complexity index is 1250. The molecular weight excluding hydrogens is 468 g/mol. The van der Waals surface area contributed by atoms with Crippen molar-refractivity contribution in [1.82, 2.24) is 9.21 Å². The Morgan fingerprint density at radius 1 is 1.12 bits per heavy atom. The van der Waals surface area contributed by atoms with E-state index < -0.39 is 10.0 Å². The Labute approximate surface area is 205 Å². The first-order valence-corrected chi connectivity index (χ1v) is 13.7. The smallest absolute Gasteiger partial charge is 0.243 e. The molecule has 1 atom stereocenters. The molecule has 180 valence electrons. The molecule has 0 N–H and O–H groups in total. The third kappa shape index (κ3) is 5.04. The number of amides is 1. The van der Waals surface area contributed by atoms with Crippen molar-refractivity contribution in [3.8, 4) is 5.75 Å². The van der Waals surface area contributed by atoms with E-state index in [0.717, 1.165) is 28.9 Å².